The Hall–Kier alpha value is -2.15. The molecule has 1 aliphatic rings. The molecule has 2 atom stereocenters. The summed E-state index contributed by atoms with van der Waals surface area (Å²) in [7, 11) is 1.36. The highest BCUT2D eigenvalue weighted by molar-refractivity contribution is 5.94. The summed E-state index contributed by atoms with van der Waals surface area (Å²) in [4.78, 5) is 22.8. The van der Waals surface area contributed by atoms with Gasteiger partial charge in [0.15, 0.2) is 5.75 Å². The van der Waals surface area contributed by atoms with Gasteiger partial charge in [-0.2, -0.15) is 0 Å². The number of nitrogens with one attached hydrogen (secondary N) is 1. The minimum Gasteiger partial charge on any atom is -0.490 e. The van der Waals surface area contributed by atoms with Crippen molar-refractivity contribution < 1.29 is 14.5 Å². The molecule has 1 heterocycles. The van der Waals surface area contributed by atoms with E-state index in [1.165, 1.54) is 25.3 Å². The topological polar surface area (TPSA) is 84.7 Å². The number of amides is 1. The van der Waals surface area contributed by atoms with Gasteiger partial charge in [-0.15, -0.1) is 0 Å². The number of hydrazine groups is 1. The summed E-state index contributed by atoms with van der Waals surface area (Å²) in [6, 6.07) is 4.71. The number of nitrogens with zero attached hydrogens (tertiary/aromatic N) is 2. The molecule has 1 saturated heterocycles. The average molecular weight is 307 g/mol. The Labute approximate surface area is 129 Å². The van der Waals surface area contributed by atoms with Crippen LogP contribution >= 0.6 is 0 Å². The zero-order chi connectivity index (χ0) is 16.3. The first-order chi connectivity index (χ1) is 10.4. The second kappa shape index (κ2) is 6.74. The van der Waals surface area contributed by atoms with Gasteiger partial charge in [0.05, 0.1) is 12.0 Å². The van der Waals surface area contributed by atoms with E-state index in [0.717, 1.165) is 19.3 Å². The van der Waals surface area contributed by atoms with Gasteiger partial charge in [0.1, 0.15) is 0 Å². The minimum absolute atomic E-state index is 0.140. The molecule has 1 aromatic rings. The van der Waals surface area contributed by atoms with Crippen LogP contribution in [0.2, 0.25) is 0 Å². The Bertz CT molecular complexity index is 566. The van der Waals surface area contributed by atoms with E-state index in [0.29, 0.717) is 0 Å². The Balaban J connectivity index is 2.19. The predicted octanol–water partition coefficient (Wildman–Crippen LogP) is 2.51. The van der Waals surface area contributed by atoms with Gasteiger partial charge in [-0.3, -0.25) is 20.3 Å². The van der Waals surface area contributed by atoms with Gasteiger partial charge in [0.25, 0.3) is 5.91 Å². The molecule has 1 amide bonds. The highest BCUT2D eigenvalue weighted by Crippen LogP contribution is 2.28. The largest absolute Gasteiger partial charge is 0.490 e. The molecule has 1 aliphatic heterocycles. The molecule has 0 radical (unpaired) electrons. The molecule has 0 unspecified atom stereocenters. The van der Waals surface area contributed by atoms with Crippen LogP contribution in [0.4, 0.5) is 5.69 Å². The van der Waals surface area contributed by atoms with Crippen LogP contribution in [-0.4, -0.2) is 35.0 Å². The number of nitro benzene ring substituents is 1. The van der Waals surface area contributed by atoms with Crippen molar-refractivity contribution in [3.8, 4) is 5.75 Å². The lowest BCUT2D eigenvalue weighted by atomic mass is 10.00. The van der Waals surface area contributed by atoms with Crippen molar-refractivity contribution in [2.24, 2.45) is 0 Å². The van der Waals surface area contributed by atoms with Gasteiger partial charge in [-0.25, -0.2) is 5.01 Å². The SMILES string of the molecule is COc1ccc(C(=O)NN2[C@H](C)CCC[C@@H]2C)cc1[N+](=O)[O-]. The van der Waals surface area contributed by atoms with Gasteiger partial charge in [-0.05, 0) is 38.8 Å². The third-order valence-corrected chi connectivity index (χ3v) is 4.06. The molecule has 1 N–H and O–H groups in total. The summed E-state index contributed by atoms with van der Waals surface area (Å²) in [6.07, 6.45) is 3.18. The molecule has 0 saturated carbocycles. The van der Waals surface area contributed by atoms with E-state index in [2.05, 4.69) is 19.3 Å². The lowest BCUT2D eigenvalue weighted by molar-refractivity contribution is -0.385. The van der Waals surface area contributed by atoms with E-state index in [4.69, 9.17) is 4.74 Å². The van der Waals surface area contributed by atoms with Crippen LogP contribution in [-0.2, 0) is 0 Å². The summed E-state index contributed by atoms with van der Waals surface area (Å²) < 4.78 is 4.94. The second-order valence-electron chi connectivity index (χ2n) is 5.62. The Morgan fingerprint density at radius 2 is 2.00 bits per heavy atom. The van der Waals surface area contributed by atoms with Crippen LogP contribution in [0.3, 0.4) is 0 Å². The number of ether oxygens (including phenoxy) is 1. The van der Waals surface area contributed by atoms with Crippen molar-refractivity contribution in [1.29, 1.82) is 0 Å². The molecule has 0 spiro atoms. The lowest BCUT2D eigenvalue weighted by Gasteiger charge is -2.38. The van der Waals surface area contributed by atoms with E-state index in [1.807, 2.05) is 5.01 Å². The summed E-state index contributed by atoms with van der Waals surface area (Å²) in [5.74, 6) is -0.201. The fraction of sp³-hybridized carbons (Fsp3) is 0.533. The Kier molecular flexibility index (Phi) is 4.97. The molecule has 120 valence electrons. The van der Waals surface area contributed by atoms with Crippen molar-refractivity contribution in [2.75, 3.05) is 7.11 Å². The number of benzene rings is 1. The number of carbonyl (C=O) groups is 1. The average Bonchev–Trinajstić information content (AvgIpc) is 2.50. The second-order valence-corrected chi connectivity index (χ2v) is 5.62. The van der Waals surface area contributed by atoms with Gasteiger partial charge in [-0.1, -0.05) is 6.42 Å². The summed E-state index contributed by atoms with van der Waals surface area (Å²) in [6.45, 7) is 4.12. The highest BCUT2D eigenvalue weighted by Gasteiger charge is 2.27. The molecular formula is C15H21N3O4. The van der Waals surface area contributed by atoms with Crippen LogP contribution < -0.4 is 10.2 Å². The van der Waals surface area contributed by atoms with Crippen molar-refractivity contribution in [2.45, 2.75) is 45.2 Å². The smallest absolute Gasteiger partial charge is 0.311 e. The zero-order valence-electron chi connectivity index (χ0n) is 13.0. The van der Waals surface area contributed by atoms with Gasteiger partial charge in [0.2, 0.25) is 0 Å². The maximum absolute atomic E-state index is 12.4. The van der Waals surface area contributed by atoms with Crippen LogP contribution in [0.1, 0.15) is 43.5 Å². The van der Waals surface area contributed by atoms with Crippen molar-refractivity contribution in [3.63, 3.8) is 0 Å². The number of piperidine rings is 1. The van der Waals surface area contributed by atoms with E-state index in [9.17, 15) is 14.9 Å². The fourth-order valence-corrected chi connectivity index (χ4v) is 2.80. The third-order valence-electron chi connectivity index (χ3n) is 4.06. The third kappa shape index (κ3) is 3.36. The van der Waals surface area contributed by atoms with Gasteiger partial charge < -0.3 is 4.74 Å². The molecule has 0 bridgehead atoms. The van der Waals surface area contributed by atoms with E-state index in [1.54, 1.807) is 0 Å². The molecule has 2 rings (SSSR count). The van der Waals surface area contributed by atoms with Gasteiger partial charge in [0, 0.05) is 23.7 Å². The van der Waals surface area contributed by atoms with Crippen LogP contribution in [0.5, 0.6) is 5.75 Å². The number of nitro groups is 1. The molecule has 0 aromatic heterocycles. The number of hydrogen-bond acceptors (Lipinski definition) is 5. The summed E-state index contributed by atoms with van der Waals surface area (Å²) >= 11 is 0. The zero-order valence-corrected chi connectivity index (χ0v) is 13.0. The van der Waals surface area contributed by atoms with Crippen molar-refractivity contribution >= 4 is 11.6 Å². The van der Waals surface area contributed by atoms with Crippen LogP contribution in [0.15, 0.2) is 18.2 Å². The predicted molar refractivity (Wildman–Crippen MR) is 81.7 cm³/mol. The normalized spacial score (nSPS) is 22.1. The van der Waals surface area contributed by atoms with E-state index < -0.39 is 4.92 Å². The number of rotatable bonds is 4. The lowest BCUT2D eigenvalue weighted by Crippen LogP contribution is -2.54. The minimum atomic E-state index is -0.554. The number of methoxy groups -OCH3 is 1. The molecule has 1 fully saturated rings. The molecule has 22 heavy (non-hydrogen) atoms. The van der Waals surface area contributed by atoms with Crippen molar-refractivity contribution in [1.82, 2.24) is 10.4 Å². The standard InChI is InChI=1S/C15H21N3O4/c1-10-5-4-6-11(2)17(10)16-15(19)12-7-8-14(22-3)13(9-12)18(20)21/h7-11H,4-6H2,1-3H3,(H,16,19)/t10-,11+. The van der Waals surface area contributed by atoms with E-state index >= 15 is 0 Å². The molecule has 0 aliphatic carbocycles. The Morgan fingerprint density at radius 1 is 1.36 bits per heavy atom. The number of hydrogen-bond donors (Lipinski definition) is 1. The Morgan fingerprint density at radius 3 is 2.55 bits per heavy atom. The highest BCUT2D eigenvalue weighted by atomic mass is 16.6. The molecular weight excluding hydrogens is 286 g/mol. The fourth-order valence-electron chi connectivity index (χ4n) is 2.80. The number of carbonyl (C=O) groups excluding carboxylic acids is 1. The summed E-state index contributed by atoms with van der Waals surface area (Å²) in [5, 5.41) is 13.0. The first-order valence-corrected chi connectivity index (χ1v) is 7.35. The quantitative estimate of drug-likeness (QED) is 0.682. The van der Waals surface area contributed by atoms with Crippen molar-refractivity contribution in [3.05, 3.63) is 33.9 Å². The maximum atomic E-state index is 12.4. The first kappa shape index (κ1) is 16.2. The molecule has 1 aromatic carbocycles. The maximum Gasteiger partial charge on any atom is 0.311 e. The van der Waals surface area contributed by atoms with Gasteiger partial charge >= 0.3 is 5.69 Å². The van der Waals surface area contributed by atoms with Crippen LogP contribution in [0, 0.1) is 10.1 Å². The molecule has 7 nitrogen and oxygen atoms in total. The van der Waals surface area contributed by atoms with E-state index in [-0.39, 0.29) is 35.0 Å². The monoisotopic (exact) mass is 307 g/mol. The van der Waals surface area contributed by atoms with Crippen LogP contribution in [0.25, 0.3) is 0 Å². The first-order valence-electron chi connectivity index (χ1n) is 7.35. The summed E-state index contributed by atoms with van der Waals surface area (Å²) in [5.41, 5.74) is 2.90. The molecule has 7 heteroatoms.